The van der Waals surface area contributed by atoms with Crippen LogP contribution < -0.4 is 18.9 Å². The Kier molecular flexibility index (Phi) is 4.53. The SMILES string of the molecule is CC(C)(C)Oc1ccc2c(c1)OC(=O)C1C3C(=O)Oc4cc(OC(C)(C)C)ccc4C3(C)C21C. The highest BCUT2D eigenvalue weighted by molar-refractivity contribution is 5.95. The lowest BCUT2D eigenvalue weighted by atomic mass is 9.34. The van der Waals surface area contributed by atoms with Gasteiger partial charge in [0.15, 0.2) is 0 Å². The normalized spacial score (nSPS) is 29.4. The molecule has 4 atom stereocenters. The lowest BCUT2D eigenvalue weighted by Gasteiger charge is -2.67. The first kappa shape index (κ1) is 22.8. The summed E-state index contributed by atoms with van der Waals surface area (Å²) in [5.74, 6) is 0.189. The molecule has 0 spiro atoms. The van der Waals surface area contributed by atoms with E-state index in [1.54, 1.807) is 12.1 Å². The van der Waals surface area contributed by atoms with Crippen molar-refractivity contribution in [2.75, 3.05) is 0 Å². The van der Waals surface area contributed by atoms with E-state index in [0.29, 0.717) is 23.0 Å². The largest absolute Gasteiger partial charge is 0.488 e. The Hall–Kier alpha value is -3.02. The maximum absolute atomic E-state index is 13.2. The van der Waals surface area contributed by atoms with Gasteiger partial charge in [-0.05, 0) is 53.7 Å². The van der Waals surface area contributed by atoms with Crippen LogP contribution in [0.3, 0.4) is 0 Å². The molecular weight excluding hydrogens is 432 g/mol. The van der Waals surface area contributed by atoms with Crippen LogP contribution in [0.1, 0.15) is 66.5 Å². The number of carbonyl (C=O) groups is 2. The predicted molar refractivity (Wildman–Crippen MR) is 127 cm³/mol. The number of esters is 2. The van der Waals surface area contributed by atoms with Crippen molar-refractivity contribution in [2.45, 2.75) is 77.4 Å². The highest BCUT2D eigenvalue weighted by Gasteiger charge is 2.77. The van der Waals surface area contributed by atoms with Crippen molar-refractivity contribution in [1.82, 2.24) is 0 Å². The van der Waals surface area contributed by atoms with Gasteiger partial charge in [-0.1, -0.05) is 26.0 Å². The van der Waals surface area contributed by atoms with Crippen LogP contribution in [0, 0.1) is 11.8 Å². The summed E-state index contributed by atoms with van der Waals surface area (Å²) in [6, 6.07) is 11.3. The van der Waals surface area contributed by atoms with Crippen LogP contribution in [0.4, 0.5) is 0 Å². The molecule has 2 aromatic rings. The van der Waals surface area contributed by atoms with Crippen molar-refractivity contribution in [3.8, 4) is 23.0 Å². The van der Waals surface area contributed by atoms with Crippen LogP contribution in [0.5, 0.6) is 23.0 Å². The van der Waals surface area contributed by atoms with Gasteiger partial charge >= 0.3 is 11.9 Å². The summed E-state index contributed by atoms with van der Waals surface area (Å²) in [5.41, 5.74) is -0.273. The van der Waals surface area contributed by atoms with Gasteiger partial charge in [0, 0.05) is 34.1 Å². The molecule has 1 aliphatic carbocycles. The van der Waals surface area contributed by atoms with Crippen molar-refractivity contribution < 1.29 is 28.5 Å². The molecular formula is C28H32O6. The molecule has 34 heavy (non-hydrogen) atoms. The molecule has 2 aromatic carbocycles. The monoisotopic (exact) mass is 464 g/mol. The second-order valence-electron chi connectivity index (χ2n) is 11.9. The van der Waals surface area contributed by atoms with Crippen LogP contribution in [0.2, 0.25) is 0 Å². The molecule has 0 bridgehead atoms. The van der Waals surface area contributed by atoms with Crippen LogP contribution in [0.15, 0.2) is 36.4 Å². The third-order valence-corrected chi connectivity index (χ3v) is 7.46. The average molecular weight is 465 g/mol. The molecule has 4 unspecified atom stereocenters. The van der Waals surface area contributed by atoms with E-state index in [0.717, 1.165) is 11.1 Å². The van der Waals surface area contributed by atoms with Gasteiger partial charge in [-0.3, -0.25) is 9.59 Å². The number of carbonyl (C=O) groups excluding carboxylic acids is 2. The van der Waals surface area contributed by atoms with Gasteiger partial charge in [0.05, 0.1) is 11.8 Å². The molecule has 5 rings (SSSR count). The summed E-state index contributed by atoms with van der Waals surface area (Å²) < 4.78 is 23.5. The third-order valence-electron chi connectivity index (χ3n) is 7.46. The zero-order valence-electron chi connectivity index (χ0n) is 21.1. The first-order valence-corrected chi connectivity index (χ1v) is 11.8. The van der Waals surface area contributed by atoms with Crippen LogP contribution in [0.25, 0.3) is 0 Å². The quantitative estimate of drug-likeness (QED) is 0.441. The van der Waals surface area contributed by atoms with E-state index in [1.165, 1.54) is 0 Å². The summed E-state index contributed by atoms with van der Waals surface area (Å²) in [4.78, 5) is 26.4. The Morgan fingerprint density at radius 2 is 1.03 bits per heavy atom. The summed E-state index contributed by atoms with van der Waals surface area (Å²) in [6.45, 7) is 15.9. The van der Waals surface area contributed by atoms with Crippen molar-refractivity contribution in [3.63, 3.8) is 0 Å². The van der Waals surface area contributed by atoms with E-state index in [9.17, 15) is 9.59 Å². The average Bonchev–Trinajstić information content (AvgIpc) is 2.67. The molecule has 1 fully saturated rings. The number of ether oxygens (including phenoxy) is 4. The molecule has 0 aromatic heterocycles. The fourth-order valence-electron chi connectivity index (χ4n) is 6.06. The van der Waals surface area contributed by atoms with E-state index in [2.05, 4.69) is 13.8 Å². The van der Waals surface area contributed by atoms with Gasteiger partial charge in [0.2, 0.25) is 0 Å². The minimum absolute atomic E-state index is 0.383. The fourth-order valence-corrected chi connectivity index (χ4v) is 6.06. The Morgan fingerprint density at radius 1 is 0.676 bits per heavy atom. The van der Waals surface area contributed by atoms with Crippen LogP contribution >= 0.6 is 0 Å². The molecule has 3 aliphatic rings. The zero-order valence-corrected chi connectivity index (χ0v) is 21.1. The minimum atomic E-state index is -0.650. The van der Waals surface area contributed by atoms with Crippen molar-refractivity contribution >= 4 is 11.9 Å². The Morgan fingerprint density at radius 3 is 1.35 bits per heavy atom. The molecule has 0 amide bonds. The second kappa shape index (κ2) is 6.77. The molecule has 2 aliphatic heterocycles. The van der Waals surface area contributed by atoms with Gasteiger partial charge in [-0.2, -0.15) is 0 Å². The van der Waals surface area contributed by atoms with E-state index >= 15 is 0 Å². The molecule has 1 saturated carbocycles. The smallest absolute Gasteiger partial charge is 0.316 e. The maximum Gasteiger partial charge on any atom is 0.316 e. The molecule has 180 valence electrons. The van der Waals surface area contributed by atoms with Crippen molar-refractivity contribution in [1.29, 1.82) is 0 Å². The standard InChI is InChI=1S/C28H32O6/c1-25(2,3)33-15-9-11-17-19(13-15)31-23(29)21-22-24(30)32-20-14-16(34-26(4,5)6)10-12-18(20)28(22,8)27(17,21)7/h9-14,21-22H,1-8H3. The Bertz CT molecular complexity index is 1120. The van der Waals surface area contributed by atoms with E-state index in [4.69, 9.17) is 18.9 Å². The number of rotatable bonds is 2. The highest BCUT2D eigenvalue weighted by atomic mass is 16.6. The molecule has 6 nitrogen and oxygen atoms in total. The summed E-state index contributed by atoms with van der Waals surface area (Å²) >= 11 is 0. The number of hydrogen-bond donors (Lipinski definition) is 0. The maximum atomic E-state index is 13.2. The molecule has 2 heterocycles. The van der Waals surface area contributed by atoms with Gasteiger partial charge in [-0.15, -0.1) is 0 Å². The van der Waals surface area contributed by atoms with Crippen LogP contribution in [-0.4, -0.2) is 23.1 Å². The predicted octanol–water partition coefficient (Wildman–Crippen LogP) is 5.34. The topological polar surface area (TPSA) is 71.1 Å². The van der Waals surface area contributed by atoms with E-state index in [1.807, 2.05) is 65.8 Å². The lowest BCUT2D eigenvalue weighted by Crippen LogP contribution is -2.75. The van der Waals surface area contributed by atoms with E-state index < -0.39 is 34.6 Å². The Balaban J connectivity index is 1.63. The molecule has 0 radical (unpaired) electrons. The minimum Gasteiger partial charge on any atom is -0.488 e. The van der Waals surface area contributed by atoms with Crippen molar-refractivity contribution in [2.24, 2.45) is 11.8 Å². The Labute approximate surface area is 200 Å². The third kappa shape index (κ3) is 3.07. The van der Waals surface area contributed by atoms with Gasteiger partial charge in [0.1, 0.15) is 34.2 Å². The van der Waals surface area contributed by atoms with Gasteiger partial charge in [-0.25, -0.2) is 0 Å². The summed E-state index contributed by atoms with van der Waals surface area (Å²) in [6.07, 6.45) is 0. The number of fused-ring (bicyclic) bond motifs is 8. The zero-order chi connectivity index (χ0) is 24.8. The first-order valence-electron chi connectivity index (χ1n) is 11.8. The fraction of sp³-hybridized carbons (Fsp3) is 0.500. The number of benzene rings is 2. The van der Waals surface area contributed by atoms with E-state index in [-0.39, 0.29) is 11.2 Å². The molecule has 0 saturated heterocycles. The molecule has 0 N–H and O–H groups in total. The highest BCUT2D eigenvalue weighted by Crippen LogP contribution is 2.71. The number of hydrogen-bond acceptors (Lipinski definition) is 6. The second-order valence-corrected chi connectivity index (χ2v) is 11.9. The lowest BCUT2D eigenvalue weighted by molar-refractivity contribution is -0.186. The van der Waals surface area contributed by atoms with Gasteiger partial charge in [0.25, 0.3) is 0 Å². The first-order chi connectivity index (χ1) is 15.6. The molecule has 6 heteroatoms. The van der Waals surface area contributed by atoms with Crippen molar-refractivity contribution in [3.05, 3.63) is 47.5 Å². The summed E-state index contributed by atoms with van der Waals surface area (Å²) in [5, 5.41) is 0. The van der Waals surface area contributed by atoms with Gasteiger partial charge < -0.3 is 18.9 Å². The van der Waals surface area contributed by atoms with Crippen LogP contribution in [-0.2, 0) is 20.4 Å². The summed E-state index contributed by atoms with van der Waals surface area (Å²) in [7, 11) is 0.